The highest BCUT2D eigenvalue weighted by molar-refractivity contribution is 6.05. The van der Waals surface area contributed by atoms with Gasteiger partial charge in [-0.15, -0.1) is 0 Å². The number of carbonyl (C=O) groups is 1. The quantitative estimate of drug-likeness (QED) is 0.159. The Bertz CT molecular complexity index is 1590. The zero-order valence-electron chi connectivity index (χ0n) is 26.9. The van der Waals surface area contributed by atoms with Crippen LogP contribution in [0.5, 0.6) is 17.2 Å². The fourth-order valence-electron chi connectivity index (χ4n) is 4.99. The largest absolute Gasteiger partial charge is 0.506 e. The number of aryl methyl sites for hydroxylation is 2. The molecule has 0 atom stereocenters. The summed E-state index contributed by atoms with van der Waals surface area (Å²) in [5.74, 6) is 2.30. The number of fused-ring (bicyclic) bond motifs is 1. The Labute approximate surface area is 255 Å². The van der Waals surface area contributed by atoms with Crippen molar-refractivity contribution in [1.29, 1.82) is 0 Å². The molecule has 0 aliphatic heterocycles. The lowest BCUT2D eigenvalue weighted by molar-refractivity contribution is 0.0948. The molecule has 8 nitrogen and oxygen atoms in total. The van der Waals surface area contributed by atoms with Gasteiger partial charge in [0.25, 0.3) is 5.91 Å². The van der Waals surface area contributed by atoms with Crippen molar-refractivity contribution in [2.45, 2.75) is 92.2 Å². The number of hydrogen-bond donors (Lipinski definition) is 2. The fourth-order valence-corrected chi connectivity index (χ4v) is 4.99. The lowest BCUT2D eigenvalue weighted by Gasteiger charge is -2.30. The molecule has 1 heterocycles. The maximum absolute atomic E-state index is 13.2. The highest BCUT2D eigenvalue weighted by Crippen LogP contribution is 2.39. The van der Waals surface area contributed by atoms with E-state index in [2.05, 4.69) is 75.1 Å². The van der Waals surface area contributed by atoms with Gasteiger partial charge in [0.2, 0.25) is 0 Å². The van der Waals surface area contributed by atoms with Crippen molar-refractivity contribution in [1.82, 2.24) is 20.1 Å². The summed E-state index contributed by atoms with van der Waals surface area (Å²) in [6.45, 7) is 18.1. The molecule has 0 bridgehead atoms. The van der Waals surface area contributed by atoms with Crippen molar-refractivity contribution in [2.75, 3.05) is 13.2 Å². The van der Waals surface area contributed by atoms with Crippen molar-refractivity contribution in [3.63, 3.8) is 0 Å². The normalized spacial score (nSPS) is 12.0. The topological polar surface area (TPSA) is 98.5 Å². The Morgan fingerprint density at radius 1 is 0.930 bits per heavy atom. The zero-order chi connectivity index (χ0) is 31.4. The van der Waals surface area contributed by atoms with Crippen LogP contribution in [0, 0.1) is 13.8 Å². The highest BCUT2D eigenvalue weighted by Gasteiger charge is 2.26. The summed E-state index contributed by atoms with van der Waals surface area (Å²) in [4.78, 5) is 17.5. The van der Waals surface area contributed by atoms with E-state index in [1.165, 1.54) is 11.1 Å². The van der Waals surface area contributed by atoms with E-state index in [-0.39, 0.29) is 34.8 Å². The Morgan fingerprint density at radius 2 is 1.63 bits per heavy atom. The van der Waals surface area contributed by atoms with Gasteiger partial charge in [-0.2, -0.15) is 5.10 Å². The van der Waals surface area contributed by atoms with Crippen molar-refractivity contribution < 1.29 is 19.4 Å². The summed E-state index contributed by atoms with van der Waals surface area (Å²) in [6, 6.07) is 15.5. The molecular formula is C35H46N4O4. The number of aromatic hydroxyl groups is 1. The molecule has 230 valence electrons. The molecule has 0 aliphatic carbocycles. The SMILES string of the molecule is CCC(C)(C)c1ccc(OCCCNC(=O)c2cc(OCn3nc(C)nc3C)c3ccccc3c2O)c(C(C)(C)CC)c1. The molecule has 3 aromatic carbocycles. The van der Waals surface area contributed by atoms with Gasteiger partial charge in [-0.25, -0.2) is 9.67 Å². The molecule has 0 saturated heterocycles. The standard InChI is InChI=1S/C35H46N4O4/c1-9-34(5,6)25-16-17-30(29(20-25)35(7,8)10-2)42-19-13-18-36-33(41)28-21-31(26-14-11-12-15-27(26)32(28)40)43-22-39-24(4)37-23(3)38-39/h11-12,14-17,20-21,40H,9-10,13,18-19,22H2,1-8H3,(H,36,41). The summed E-state index contributed by atoms with van der Waals surface area (Å²) in [6.07, 6.45) is 2.66. The first-order valence-corrected chi connectivity index (χ1v) is 15.2. The van der Waals surface area contributed by atoms with E-state index < -0.39 is 0 Å². The Balaban J connectivity index is 1.43. The van der Waals surface area contributed by atoms with Crippen LogP contribution < -0.4 is 14.8 Å². The second-order valence-electron chi connectivity index (χ2n) is 12.4. The first-order chi connectivity index (χ1) is 20.4. The molecule has 2 N–H and O–H groups in total. The summed E-state index contributed by atoms with van der Waals surface area (Å²) in [7, 11) is 0. The minimum atomic E-state index is -0.375. The average molecular weight is 587 g/mol. The Kier molecular flexibility index (Phi) is 9.68. The minimum Gasteiger partial charge on any atom is -0.506 e. The maximum atomic E-state index is 13.2. The van der Waals surface area contributed by atoms with Crippen LogP contribution in [0.4, 0.5) is 0 Å². The first kappa shape index (κ1) is 31.9. The molecule has 0 radical (unpaired) electrons. The average Bonchev–Trinajstić information content (AvgIpc) is 3.32. The molecule has 0 fully saturated rings. The molecule has 4 aromatic rings. The smallest absolute Gasteiger partial charge is 0.255 e. The van der Waals surface area contributed by atoms with Crippen LogP contribution in [0.25, 0.3) is 10.8 Å². The summed E-state index contributed by atoms with van der Waals surface area (Å²) in [5.41, 5.74) is 2.75. The molecule has 4 rings (SSSR count). The van der Waals surface area contributed by atoms with Crippen LogP contribution in [0.1, 0.15) is 93.9 Å². The lowest BCUT2D eigenvalue weighted by atomic mass is 9.76. The highest BCUT2D eigenvalue weighted by atomic mass is 16.5. The number of phenolic OH excluding ortho intramolecular Hbond substituents is 1. The van der Waals surface area contributed by atoms with Crippen LogP contribution in [0.15, 0.2) is 48.5 Å². The molecule has 0 spiro atoms. The van der Waals surface area contributed by atoms with Crippen molar-refractivity contribution >= 4 is 16.7 Å². The lowest BCUT2D eigenvalue weighted by Crippen LogP contribution is -2.26. The zero-order valence-corrected chi connectivity index (χ0v) is 26.9. The van der Waals surface area contributed by atoms with E-state index in [1.807, 2.05) is 32.0 Å². The number of nitrogens with zero attached hydrogens (tertiary/aromatic N) is 3. The van der Waals surface area contributed by atoms with Gasteiger partial charge in [-0.1, -0.05) is 77.9 Å². The van der Waals surface area contributed by atoms with Gasteiger partial charge >= 0.3 is 0 Å². The van der Waals surface area contributed by atoms with Gasteiger partial charge in [0, 0.05) is 22.9 Å². The van der Waals surface area contributed by atoms with Gasteiger partial charge in [0.15, 0.2) is 6.73 Å². The maximum Gasteiger partial charge on any atom is 0.255 e. The third-order valence-corrected chi connectivity index (χ3v) is 8.65. The second-order valence-corrected chi connectivity index (χ2v) is 12.4. The molecule has 0 aliphatic rings. The fraction of sp³-hybridized carbons (Fsp3) is 0.457. The summed E-state index contributed by atoms with van der Waals surface area (Å²) in [5, 5.41) is 19.5. The number of nitrogens with one attached hydrogen (secondary N) is 1. The van der Waals surface area contributed by atoms with E-state index in [0.717, 1.165) is 24.4 Å². The van der Waals surface area contributed by atoms with Crippen molar-refractivity contribution in [2.24, 2.45) is 0 Å². The van der Waals surface area contributed by atoms with Crippen LogP contribution in [-0.4, -0.2) is 38.9 Å². The number of carbonyl (C=O) groups excluding carboxylic acids is 1. The van der Waals surface area contributed by atoms with Gasteiger partial charge in [-0.3, -0.25) is 4.79 Å². The van der Waals surface area contributed by atoms with E-state index in [4.69, 9.17) is 9.47 Å². The second kappa shape index (κ2) is 13.1. The number of aromatic nitrogens is 3. The number of ether oxygens (including phenoxy) is 2. The van der Waals surface area contributed by atoms with E-state index in [1.54, 1.807) is 16.8 Å². The summed E-state index contributed by atoms with van der Waals surface area (Å²) < 4.78 is 14.0. The number of phenols is 1. The number of rotatable bonds is 13. The monoisotopic (exact) mass is 586 g/mol. The van der Waals surface area contributed by atoms with Crippen LogP contribution >= 0.6 is 0 Å². The predicted octanol–water partition coefficient (Wildman–Crippen LogP) is 7.36. The first-order valence-electron chi connectivity index (χ1n) is 15.2. The number of amides is 1. The Hall–Kier alpha value is -4.07. The molecule has 0 saturated carbocycles. The number of hydrogen-bond acceptors (Lipinski definition) is 6. The molecule has 0 unspecified atom stereocenters. The van der Waals surface area contributed by atoms with Gasteiger partial charge in [0.05, 0.1) is 12.2 Å². The van der Waals surface area contributed by atoms with E-state index in [0.29, 0.717) is 41.9 Å². The van der Waals surface area contributed by atoms with Crippen molar-refractivity contribution in [3.8, 4) is 17.2 Å². The van der Waals surface area contributed by atoms with Crippen LogP contribution in [0.2, 0.25) is 0 Å². The third-order valence-electron chi connectivity index (χ3n) is 8.65. The van der Waals surface area contributed by atoms with Crippen LogP contribution in [-0.2, 0) is 17.6 Å². The minimum absolute atomic E-state index is 0.0256. The molecular weight excluding hydrogens is 540 g/mol. The van der Waals surface area contributed by atoms with Crippen molar-refractivity contribution in [3.05, 3.63) is 76.9 Å². The molecule has 1 aromatic heterocycles. The molecule has 8 heteroatoms. The summed E-state index contributed by atoms with van der Waals surface area (Å²) >= 11 is 0. The van der Waals surface area contributed by atoms with E-state index >= 15 is 0 Å². The predicted molar refractivity (Wildman–Crippen MR) is 171 cm³/mol. The van der Waals surface area contributed by atoms with E-state index in [9.17, 15) is 9.90 Å². The molecule has 43 heavy (non-hydrogen) atoms. The Morgan fingerprint density at radius 3 is 2.28 bits per heavy atom. The number of benzene rings is 3. The van der Waals surface area contributed by atoms with Gasteiger partial charge < -0.3 is 19.9 Å². The van der Waals surface area contributed by atoms with Gasteiger partial charge in [0.1, 0.15) is 28.9 Å². The van der Waals surface area contributed by atoms with Crippen LogP contribution in [0.3, 0.4) is 0 Å². The molecule has 1 amide bonds. The third kappa shape index (κ3) is 7.12. The van der Waals surface area contributed by atoms with Gasteiger partial charge in [-0.05, 0) is 61.6 Å².